The van der Waals surface area contributed by atoms with E-state index < -0.39 is 6.10 Å². The van der Waals surface area contributed by atoms with Gasteiger partial charge in [-0.15, -0.1) is 0 Å². The maximum absolute atomic E-state index is 12.7. The van der Waals surface area contributed by atoms with E-state index in [1.165, 1.54) is 12.1 Å². The van der Waals surface area contributed by atoms with Crippen LogP contribution in [-0.4, -0.2) is 23.7 Å². The zero-order valence-corrected chi connectivity index (χ0v) is 12.0. The fraction of sp³-hybridized carbons (Fsp3) is 0.438. The number of rotatable bonds is 7. The van der Waals surface area contributed by atoms with Crippen molar-refractivity contribution in [2.75, 3.05) is 6.54 Å². The fourth-order valence-corrected chi connectivity index (χ4v) is 1.64. The van der Waals surface area contributed by atoms with Crippen LogP contribution in [-0.2, 0) is 4.79 Å². The van der Waals surface area contributed by atoms with Gasteiger partial charge in [-0.25, -0.2) is 4.39 Å². The van der Waals surface area contributed by atoms with E-state index in [4.69, 9.17) is 0 Å². The molecule has 0 radical (unpaired) electrons. The highest BCUT2D eigenvalue weighted by Crippen LogP contribution is 2.07. The number of hydrogen-bond acceptors (Lipinski definition) is 2. The van der Waals surface area contributed by atoms with Gasteiger partial charge >= 0.3 is 0 Å². The van der Waals surface area contributed by atoms with E-state index >= 15 is 0 Å². The lowest BCUT2D eigenvalue weighted by atomic mass is 10.0. The Balaban J connectivity index is 2.31. The first kappa shape index (κ1) is 16.4. The molecular formula is C16H22FNO2. The van der Waals surface area contributed by atoms with Crippen molar-refractivity contribution in [3.8, 4) is 0 Å². The number of amides is 1. The van der Waals surface area contributed by atoms with Gasteiger partial charge in [-0.05, 0) is 23.6 Å². The summed E-state index contributed by atoms with van der Waals surface area (Å²) < 4.78 is 12.7. The summed E-state index contributed by atoms with van der Waals surface area (Å²) in [6, 6.07) is 6.05. The molecule has 3 nitrogen and oxygen atoms in total. The third-order valence-electron chi connectivity index (χ3n) is 3.29. The van der Waals surface area contributed by atoms with E-state index in [0.29, 0.717) is 0 Å². The monoisotopic (exact) mass is 279 g/mol. The molecule has 110 valence electrons. The lowest BCUT2D eigenvalue weighted by Crippen LogP contribution is -2.35. The molecule has 0 fully saturated rings. The molecule has 2 atom stereocenters. The molecule has 0 aromatic heterocycles. The maximum atomic E-state index is 12.7. The quantitative estimate of drug-likeness (QED) is 0.806. The van der Waals surface area contributed by atoms with Crippen LogP contribution in [0, 0.1) is 11.7 Å². The van der Waals surface area contributed by atoms with Gasteiger partial charge in [0.25, 0.3) is 0 Å². The van der Waals surface area contributed by atoms with E-state index in [9.17, 15) is 14.3 Å². The summed E-state index contributed by atoms with van der Waals surface area (Å²) in [5, 5.41) is 12.4. The first-order chi connectivity index (χ1) is 9.52. The van der Waals surface area contributed by atoms with Crippen molar-refractivity contribution < 1.29 is 14.3 Å². The standard InChI is InChI=1S/C16H22FNO2/c1-3-12(2)15(19)11-18-16(20)6-4-5-13-7-9-14(17)10-8-13/h4-5,7-10,12,15,19H,3,6,11H2,1-2H3,(H,18,20)/b5-4+. The van der Waals surface area contributed by atoms with Crippen molar-refractivity contribution >= 4 is 12.0 Å². The van der Waals surface area contributed by atoms with Crippen LogP contribution < -0.4 is 5.32 Å². The lowest BCUT2D eigenvalue weighted by Gasteiger charge is -2.17. The van der Waals surface area contributed by atoms with Crippen molar-refractivity contribution in [2.24, 2.45) is 5.92 Å². The van der Waals surface area contributed by atoms with Gasteiger partial charge in [0.05, 0.1) is 6.10 Å². The molecule has 0 saturated heterocycles. The molecule has 20 heavy (non-hydrogen) atoms. The molecule has 0 aliphatic carbocycles. The van der Waals surface area contributed by atoms with Gasteiger partial charge in [-0.1, -0.05) is 44.6 Å². The molecule has 0 bridgehead atoms. The molecule has 2 N–H and O–H groups in total. The molecule has 0 aliphatic rings. The van der Waals surface area contributed by atoms with E-state index in [-0.39, 0.29) is 30.6 Å². The number of carbonyl (C=O) groups is 1. The van der Waals surface area contributed by atoms with Crippen LogP contribution in [0.3, 0.4) is 0 Å². The summed E-state index contributed by atoms with van der Waals surface area (Å²) in [6.45, 7) is 4.23. The number of hydrogen-bond donors (Lipinski definition) is 2. The highest BCUT2D eigenvalue weighted by molar-refractivity contribution is 5.78. The molecule has 0 heterocycles. The number of halogens is 1. The Bertz CT molecular complexity index is 442. The minimum absolute atomic E-state index is 0.134. The topological polar surface area (TPSA) is 49.3 Å². The predicted molar refractivity (Wildman–Crippen MR) is 78.5 cm³/mol. The zero-order valence-electron chi connectivity index (χ0n) is 12.0. The van der Waals surface area contributed by atoms with E-state index in [2.05, 4.69) is 5.32 Å². The Hall–Kier alpha value is -1.68. The first-order valence-corrected chi connectivity index (χ1v) is 6.89. The molecule has 0 saturated carbocycles. The Morgan fingerprint density at radius 3 is 2.65 bits per heavy atom. The Labute approximate surface area is 119 Å². The summed E-state index contributed by atoms with van der Waals surface area (Å²) in [5.74, 6) is -0.241. The fourth-order valence-electron chi connectivity index (χ4n) is 1.64. The van der Waals surface area contributed by atoms with Crippen molar-refractivity contribution in [1.82, 2.24) is 5.32 Å². The third-order valence-corrected chi connectivity index (χ3v) is 3.29. The number of aliphatic hydroxyl groups excluding tert-OH is 1. The predicted octanol–water partition coefficient (Wildman–Crippen LogP) is 2.75. The van der Waals surface area contributed by atoms with Crippen molar-refractivity contribution in [2.45, 2.75) is 32.8 Å². The number of carbonyl (C=O) groups excluding carboxylic acids is 1. The van der Waals surface area contributed by atoms with Crippen LogP contribution >= 0.6 is 0 Å². The molecule has 1 aromatic carbocycles. The van der Waals surface area contributed by atoms with Gasteiger partial charge in [-0.2, -0.15) is 0 Å². The normalized spacial score (nSPS) is 14.2. The highest BCUT2D eigenvalue weighted by Gasteiger charge is 2.12. The molecule has 0 spiro atoms. The van der Waals surface area contributed by atoms with E-state index in [1.54, 1.807) is 24.3 Å². The molecule has 1 rings (SSSR count). The van der Waals surface area contributed by atoms with Crippen LogP contribution in [0.2, 0.25) is 0 Å². The smallest absolute Gasteiger partial charge is 0.223 e. The van der Waals surface area contributed by atoms with Crippen LogP contribution in [0.1, 0.15) is 32.3 Å². The maximum Gasteiger partial charge on any atom is 0.223 e. The molecule has 1 amide bonds. The average molecular weight is 279 g/mol. The number of aliphatic hydroxyl groups is 1. The average Bonchev–Trinajstić information content (AvgIpc) is 2.46. The van der Waals surface area contributed by atoms with Gasteiger partial charge in [0.2, 0.25) is 5.91 Å². The Morgan fingerprint density at radius 2 is 2.05 bits per heavy atom. The van der Waals surface area contributed by atoms with Gasteiger partial charge in [-0.3, -0.25) is 4.79 Å². The van der Waals surface area contributed by atoms with Crippen LogP contribution in [0.25, 0.3) is 6.08 Å². The van der Waals surface area contributed by atoms with Gasteiger partial charge in [0.1, 0.15) is 5.82 Å². The lowest BCUT2D eigenvalue weighted by molar-refractivity contribution is -0.120. The van der Waals surface area contributed by atoms with Crippen LogP contribution in [0.15, 0.2) is 30.3 Å². The Kier molecular flexibility index (Phi) is 6.94. The second-order valence-electron chi connectivity index (χ2n) is 4.92. The first-order valence-electron chi connectivity index (χ1n) is 6.89. The highest BCUT2D eigenvalue weighted by atomic mass is 19.1. The largest absolute Gasteiger partial charge is 0.391 e. The summed E-state index contributed by atoms with van der Waals surface area (Å²) in [6.07, 6.45) is 4.10. The Morgan fingerprint density at radius 1 is 1.40 bits per heavy atom. The summed E-state index contributed by atoms with van der Waals surface area (Å²) >= 11 is 0. The molecule has 1 aromatic rings. The van der Waals surface area contributed by atoms with Gasteiger partial charge in [0, 0.05) is 13.0 Å². The number of nitrogens with one attached hydrogen (secondary N) is 1. The molecule has 0 aliphatic heterocycles. The van der Waals surface area contributed by atoms with Crippen molar-refractivity contribution in [3.63, 3.8) is 0 Å². The van der Waals surface area contributed by atoms with Crippen LogP contribution in [0.4, 0.5) is 4.39 Å². The van der Waals surface area contributed by atoms with Crippen molar-refractivity contribution in [1.29, 1.82) is 0 Å². The van der Waals surface area contributed by atoms with E-state index in [1.807, 2.05) is 13.8 Å². The zero-order chi connectivity index (χ0) is 15.0. The number of benzene rings is 1. The van der Waals surface area contributed by atoms with Gasteiger partial charge in [0.15, 0.2) is 0 Å². The molecule has 4 heteroatoms. The second-order valence-corrected chi connectivity index (χ2v) is 4.92. The molecular weight excluding hydrogens is 257 g/mol. The summed E-state index contributed by atoms with van der Waals surface area (Å²) in [5.41, 5.74) is 0.846. The molecule has 2 unspecified atom stereocenters. The SMILES string of the molecule is CCC(C)C(O)CNC(=O)C/C=C/c1ccc(F)cc1. The van der Waals surface area contributed by atoms with Gasteiger partial charge < -0.3 is 10.4 Å². The van der Waals surface area contributed by atoms with Crippen molar-refractivity contribution in [3.05, 3.63) is 41.7 Å². The third kappa shape index (κ3) is 5.97. The summed E-state index contributed by atoms with van der Waals surface area (Å²) in [4.78, 5) is 11.6. The minimum Gasteiger partial charge on any atom is -0.391 e. The summed E-state index contributed by atoms with van der Waals surface area (Å²) in [7, 11) is 0. The van der Waals surface area contributed by atoms with Crippen LogP contribution in [0.5, 0.6) is 0 Å². The minimum atomic E-state index is -0.509. The second kappa shape index (κ2) is 8.48. The van der Waals surface area contributed by atoms with E-state index in [0.717, 1.165) is 12.0 Å².